The topological polar surface area (TPSA) is 376 Å². The number of aliphatic hydroxyl groups excluding tert-OH is 2. The Morgan fingerprint density at radius 1 is 0.589 bits per heavy atom. The van der Waals surface area contributed by atoms with Crippen LogP contribution in [0.25, 0.3) is 0 Å². The summed E-state index contributed by atoms with van der Waals surface area (Å²) in [5.74, 6) is -8.49. The van der Waals surface area contributed by atoms with Crippen molar-refractivity contribution in [1.29, 1.82) is 0 Å². The van der Waals surface area contributed by atoms with Crippen molar-refractivity contribution in [3.05, 3.63) is 59.7 Å². The number of nitrogens with one attached hydrogen (secondary N) is 5. The summed E-state index contributed by atoms with van der Waals surface area (Å²) < 4.78 is 0. The molecule has 306 valence electrons. The highest BCUT2D eigenvalue weighted by molar-refractivity contribution is 5.97. The lowest BCUT2D eigenvalue weighted by atomic mass is 10.0. The fourth-order valence-corrected chi connectivity index (χ4v) is 5.07. The van der Waals surface area contributed by atoms with Crippen molar-refractivity contribution in [2.45, 2.75) is 87.8 Å². The lowest BCUT2D eigenvalue weighted by Crippen LogP contribution is -2.62. The van der Waals surface area contributed by atoms with E-state index in [4.69, 9.17) is 17.2 Å². The van der Waals surface area contributed by atoms with Gasteiger partial charge >= 0.3 is 5.97 Å². The van der Waals surface area contributed by atoms with E-state index in [-0.39, 0.29) is 43.6 Å². The first kappa shape index (κ1) is 45.8. The number of primary amides is 2. The second-order valence-electron chi connectivity index (χ2n) is 12.8. The van der Waals surface area contributed by atoms with Crippen LogP contribution in [0.4, 0.5) is 0 Å². The van der Waals surface area contributed by atoms with Crippen LogP contribution in [-0.4, -0.2) is 122 Å². The van der Waals surface area contributed by atoms with Gasteiger partial charge in [0.25, 0.3) is 0 Å². The molecular weight excluding hydrogens is 740 g/mol. The van der Waals surface area contributed by atoms with E-state index in [1.54, 1.807) is 0 Å². The average Bonchev–Trinajstić information content (AvgIpc) is 3.13. The smallest absolute Gasteiger partial charge is 0.326 e. The average molecular weight is 789 g/mol. The van der Waals surface area contributed by atoms with E-state index in [0.29, 0.717) is 11.1 Å². The number of aliphatic carboxylic acids is 1. The van der Waals surface area contributed by atoms with Gasteiger partial charge in [-0.25, -0.2) is 4.79 Å². The molecule has 0 aliphatic rings. The molecule has 0 saturated carbocycles. The van der Waals surface area contributed by atoms with Gasteiger partial charge in [0, 0.05) is 25.7 Å². The van der Waals surface area contributed by atoms with Crippen molar-refractivity contribution in [1.82, 2.24) is 26.6 Å². The van der Waals surface area contributed by atoms with Gasteiger partial charge in [-0.1, -0.05) is 24.3 Å². The van der Waals surface area contributed by atoms with Crippen LogP contribution >= 0.6 is 0 Å². The number of carboxylic acid groups (broad SMARTS) is 1. The van der Waals surface area contributed by atoms with Crippen molar-refractivity contribution >= 4 is 47.3 Å². The third-order valence-electron chi connectivity index (χ3n) is 8.23. The summed E-state index contributed by atoms with van der Waals surface area (Å²) in [6.45, 7) is 0.0465. The van der Waals surface area contributed by atoms with E-state index in [2.05, 4.69) is 26.6 Å². The summed E-state index contributed by atoms with van der Waals surface area (Å²) >= 11 is 0. The number of hydrogen-bond acceptors (Lipinski definition) is 13. The number of phenols is 2. The normalized spacial score (nSPS) is 14.6. The number of aliphatic hydroxyl groups is 2. The Kier molecular flexibility index (Phi) is 18.1. The largest absolute Gasteiger partial charge is 0.508 e. The van der Waals surface area contributed by atoms with Gasteiger partial charge in [-0.2, -0.15) is 0 Å². The Morgan fingerprint density at radius 2 is 1.00 bits per heavy atom. The van der Waals surface area contributed by atoms with Gasteiger partial charge in [0.1, 0.15) is 41.7 Å². The highest BCUT2D eigenvalue weighted by Gasteiger charge is 2.34. The molecular formula is C35H48N8O13. The lowest BCUT2D eigenvalue weighted by Gasteiger charge is -2.27. The molecule has 21 nitrogen and oxygen atoms in total. The number of hydrogen-bond donors (Lipinski definition) is 13. The van der Waals surface area contributed by atoms with Gasteiger partial charge in [-0.15, -0.1) is 0 Å². The Hall–Kier alpha value is -6.32. The molecule has 0 radical (unpaired) electrons. The molecule has 0 aliphatic carbocycles. The van der Waals surface area contributed by atoms with Crippen LogP contribution in [0, 0.1) is 0 Å². The molecule has 0 aliphatic heterocycles. The molecule has 0 aromatic heterocycles. The van der Waals surface area contributed by atoms with Crippen LogP contribution < -0.4 is 43.8 Å². The molecule has 21 heteroatoms. The number of rotatable bonds is 23. The first-order valence-corrected chi connectivity index (χ1v) is 17.2. The Labute approximate surface area is 320 Å². The number of amides is 7. The Morgan fingerprint density at radius 3 is 1.46 bits per heavy atom. The van der Waals surface area contributed by atoms with Crippen molar-refractivity contribution in [3.63, 3.8) is 0 Å². The summed E-state index contributed by atoms with van der Waals surface area (Å²) in [6, 6.07) is 1.57. The van der Waals surface area contributed by atoms with E-state index < -0.39 is 103 Å². The van der Waals surface area contributed by atoms with Gasteiger partial charge in [-0.05, 0) is 55.2 Å². The van der Waals surface area contributed by atoms with Crippen molar-refractivity contribution in [2.24, 2.45) is 17.2 Å². The van der Waals surface area contributed by atoms with Gasteiger partial charge in [0.2, 0.25) is 41.4 Å². The van der Waals surface area contributed by atoms with Crippen LogP contribution in [-0.2, 0) is 51.2 Å². The molecule has 16 N–H and O–H groups in total. The minimum absolute atomic E-state index is 0.0675. The zero-order valence-corrected chi connectivity index (χ0v) is 30.3. The van der Waals surface area contributed by atoms with Crippen LogP contribution in [0.15, 0.2) is 48.5 Å². The van der Waals surface area contributed by atoms with E-state index in [1.165, 1.54) is 48.5 Å². The number of phenolic OH excluding ortho intramolecular Hbond substituents is 2. The number of aromatic hydroxyl groups is 2. The maximum atomic E-state index is 13.6. The zero-order chi connectivity index (χ0) is 42.1. The predicted octanol–water partition coefficient (Wildman–Crippen LogP) is -4.38. The SMILES string of the molecule is C[C@@H](O)[C@H](NC(=O)[C@H](CO)NC(=O)[C@H](CCC(N)=O)NC(=O)[C@@H](N)CCC(N)=O)C(=O)N[C@@H](Cc1ccc(O)cc1)C(=O)N[C@@H](Cc1ccc(O)cc1)C(=O)O. The summed E-state index contributed by atoms with van der Waals surface area (Å²) in [5.41, 5.74) is 16.9. The number of benzene rings is 2. The molecule has 56 heavy (non-hydrogen) atoms. The van der Waals surface area contributed by atoms with Crippen LogP contribution in [0.2, 0.25) is 0 Å². The molecule has 2 rings (SSSR count). The first-order valence-electron chi connectivity index (χ1n) is 17.2. The van der Waals surface area contributed by atoms with Gasteiger partial charge in [0.15, 0.2) is 0 Å². The third-order valence-corrected chi connectivity index (χ3v) is 8.23. The molecule has 0 bridgehead atoms. The maximum absolute atomic E-state index is 13.6. The number of carboxylic acids is 1. The second kappa shape index (κ2) is 22.2. The highest BCUT2D eigenvalue weighted by atomic mass is 16.4. The van der Waals surface area contributed by atoms with E-state index in [0.717, 1.165) is 6.92 Å². The van der Waals surface area contributed by atoms with Crippen LogP contribution in [0.1, 0.15) is 43.7 Å². The molecule has 0 unspecified atom stereocenters. The summed E-state index contributed by atoms with van der Waals surface area (Å²) in [5, 5.41) is 60.9. The van der Waals surface area contributed by atoms with E-state index in [1.807, 2.05) is 0 Å². The molecule has 7 amide bonds. The Bertz CT molecular complexity index is 1710. The van der Waals surface area contributed by atoms with Crippen molar-refractivity contribution in [3.8, 4) is 11.5 Å². The number of carbonyl (C=O) groups is 8. The maximum Gasteiger partial charge on any atom is 0.326 e. The standard InChI is InChI=1S/C35H48N8O13/c1-17(45)29(43-33(53)26(16-44)42-31(51)23(11-13-28(38)49)39-30(50)22(36)10-12-27(37)48)34(54)40-24(14-18-2-6-20(46)7-3-18)32(52)41-25(35(55)56)15-19-4-8-21(47)9-5-19/h2-9,17,22-26,29,44-47H,10-16,36H2,1H3,(H2,37,48)(H2,38,49)(H,39,50)(H,40,54)(H,41,52)(H,42,51)(H,43,53)(H,55,56)/t17-,22+,23+,24+,25+,26+,29+/m1/s1. The molecule has 0 spiro atoms. The number of nitrogens with two attached hydrogens (primary N) is 3. The molecule has 2 aromatic rings. The fourth-order valence-electron chi connectivity index (χ4n) is 5.07. The monoisotopic (exact) mass is 788 g/mol. The Balaban J connectivity index is 2.26. The van der Waals surface area contributed by atoms with Gasteiger partial charge in [0.05, 0.1) is 18.8 Å². The first-order chi connectivity index (χ1) is 26.3. The zero-order valence-electron chi connectivity index (χ0n) is 30.3. The second-order valence-corrected chi connectivity index (χ2v) is 12.8. The molecule has 7 atom stereocenters. The van der Waals surface area contributed by atoms with Crippen LogP contribution in [0.5, 0.6) is 11.5 Å². The van der Waals surface area contributed by atoms with Gasteiger partial charge in [-0.3, -0.25) is 33.6 Å². The van der Waals surface area contributed by atoms with Crippen LogP contribution in [0.3, 0.4) is 0 Å². The molecule has 0 heterocycles. The van der Waals surface area contributed by atoms with Crippen molar-refractivity contribution < 1.29 is 63.9 Å². The minimum atomic E-state index is -1.83. The molecule has 0 fully saturated rings. The van der Waals surface area contributed by atoms with Crippen molar-refractivity contribution in [2.75, 3.05) is 6.61 Å². The fraction of sp³-hybridized carbons (Fsp3) is 0.429. The van der Waals surface area contributed by atoms with E-state index >= 15 is 0 Å². The third kappa shape index (κ3) is 15.6. The van der Waals surface area contributed by atoms with E-state index in [9.17, 15) is 63.9 Å². The summed E-state index contributed by atoms with van der Waals surface area (Å²) in [6.07, 6.45) is -3.32. The summed E-state index contributed by atoms with van der Waals surface area (Å²) in [4.78, 5) is 101. The molecule has 2 aromatic carbocycles. The molecule has 0 saturated heterocycles. The number of carbonyl (C=O) groups excluding carboxylic acids is 7. The van der Waals surface area contributed by atoms with Gasteiger partial charge < -0.3 is 69.3 Å². The minimum Gasteiger partial charge on any atom is -0.508 e. The highest BCUT2D eigenvalue weighted by Crippen LogP contribution is 2.14. The predicted molar refractivity (Wildman–Crippen MR) is 195 cm³/mol. The quantitative estimate of drug-likeness (QED) is 0.0506. The lowest BCUT2D eigenvalue weighted by molar-refractivity contribution is -0.142. The summed E-state index contributed by atoms with van der Waals surface area (Å²) in [7, 11) is 0.